The van der Waals surface area contributed by atoms with Gasteiger partial charge in [-0.15, -0.1) is 0 Å². The first kappa shape index (κ1) is 12.6. The van der Waals surface area contributed by atoms with Crippen LogP contribution in [-0.2, 0) is 6.42 Å². The van der Waals surface area contributed by atoms with Crippen molar-refractivity contribution in [3.05, 3.63) is 30.7 Å². The molecular weight excluding hydrogens is 228 g/mol. The zero-order chi connectivity index (χ0) is 12.1. The first-order valence-electron chi connectivity index (χ1n) is 4.34. The molecule has 0 amide bonds. The third-order valence-corrected chi connectivity index (χ3v) is 1.68. The fraction of sp³-hybridized carbons (Fsp3) is 0.300. The molecule has 0 fully saturated rings. The quantitative estimate of drug-likeness (QED) is 0.732. The van der Waals surface area contributed by atoms with Gasteiger partial charge in [0, 0.05) is 6.07 Å². The fourth-order valence-electron chi connectivity index (χ4n) is 1.12. The molecule has 0 spiro atoms. The molecule has 0 aliphatic heterocycles. The van der Waals surface area contributed by atoms with Crippen molar-refractivity contribution in [2.24, 2.45) is 0 Å². The van der Waals surface area contributed by atoms with E-state index < -0.39 is 13.2 Å². The van der Waals surface area contributed by atoms with E-state index >= 15 is 0 Å². The number of hydrogen-bond donors (Lipinski definition) is 0. The van der Waals surface area contributed by atoms with Gasteiger partial charge in [0.1, 0.15) is 11.5 Å². The highest BCUT2D eigenvalue weighted by Crippen LogP contribution is 2.25. The number of alkyl halides is 4. The lowest BCUT2D eigenvalue weighted by atomic mass is 10.1. The maximum atomic E-state index is 11.9. The van der Waals surface area contributed by atoms with Crippen LogP contribution in [0.15, 0.2) is 18.2 Å². The van der Waals surface area contributed by atoms with E-state index in [1.807, 2.05) is 0 Å². The summed E-state index contributed by atoms with van der Waals surface area (Å²) in [6, 6.07) is 3.55. The van der Waals surface area contributed by atoms with Crippen LogP contribution >= 0.6 is 0 Å². The molecule has 0 N–H and O–H groups in total. The van der Waals surface area contributed by atoms with Gasteiger partial charge >= 0.3 is 13.2 Å². The number of hydrogen-bond acceptors (Lipinski definition) is 2. The molecule has 16 heavy (non-hydrogen) atoms. The number of rotatable bonds is 5. The van der Waals surface area contributed by atoms with Crippen molar-refractivity contribution in [1.29, 1.82) is 0 Å². The Labute approximate surface area is 89.8 Å². The van der Waals surface area contributed by atoms with E-state index in [4.69, 9.17) is 0 Å². The first-order chi connectivity index (χ1) is 7.51. The van der Waals surface area contributed by atoms with Crippen molar-refractivity contribution < 1.29 is 27.0 Å². The SMILES string of the molecule is [CH2]Cc1cc(OC(F)F)cc(OC(F)F)c1. The van der Waals surface area contributed by atoms with Gasteiger partial charge in [-0.25, -0.2) is 0 Å². The van der Waals surface area contributed by atoms with Crippen molar-refractivity contribution in [2.45, 2.75) is 19.6 Å². The first-order valence-corrected chi connectivity index (χ1v) is 4.34. The molecule has 1 radical (unpaired) electrons. The van der Waals surface area contributed by atoms with Gasteiger partial charge in [-0.3, -0.25) is 0 Å². The molecule has 0 atom stereocenters. The molecule has 0 saturated carbocycles. The highest BCUT2D eigenvalue weighted by Gasteiger charge is 2.10. The monoisotopic (exact) mass is 237 g/mol. The minimum atomic E-state index is -3.01. The van der Waals surface area contributed by atoms with Crippen molar-refractivity contribution in [3.63, 3.8) is 0 Å². The third kappa shape index (κ3) is 3.96. The molecule has 0 aromatic heterocycles. The molecule has 0 unspecified atom stereocenters. The van der Waals surface area contributed by atoms with Crippen LogP contribution in [0.5, 0.6) is 11.5 Å². The zero-order valence-electron chi connectivity index (χ0n) is 8.13. The summed E-state index contributed by atoms with van der Waals surface area (Å²) in [5, 5.41) is 0. The lowest BCUT2D eigenvalue weighted by Crippen LogP contribution is -2.05. The molecule has 0 bridgehead atoms. The second kappa shape index (κ2) is 5.58. The molecule has 1 aromatic rings. The highest BCUT2D eigenvalue weighted by atomic mass is 19.3. The Hall–Kier alpha value is -1.46. The topological polar surface area (TPSA) is 18.5 Å². The van der Waals surface area contributed by atoms with E-state index in [2.05, 4.69) is 16.4 Å². The van der Waals surface area contributed by atoms with E-state index in [1.165, 1.54) is 12.1 Å². The molecule has 0 aliphatic rings. The summed E-state index contributed by atoms with van der Waals surface area (Å²) in [5.41, 5.74) is 0.466. The van der Waals surface area contributed by atoms with Crippen LogP contribution in [0.3, 0.4) is 0 Å². The number of halogens is 4. The molecule has 6 heteroatoms. The fourth-order valence-corrected chi connectivity index (χ4v) is 1.12. The largest absolute Gasteiger partial charge is 0.435 e. The minimum Gasteiger partial charge on any atom is -0.435 e. The highest BCUT2D eigenvalue weighted by molar-refractivity contribution is 5.38. The van der Waals surface area contributed by atoms with Gasteiger partial charge in [-0.05, 0) is 31.0 Å². The van der Waals surface area contributed by atoms with Crippen LogP contribution in [0, 0.1) is 6.92 Å². The van der Waals surface area contributed by atoms with Crippen LogP contribution in [0.25, 0.3) is 0 Å². The maximum absolute atomic E-state index is 11.9. The van der Waals surface area contributed by atoms with Crippen molar-refractivity contribution >= 4 is 0 Å². The van der Waals surface area contributed by atoms with E-state index in [1.54, 1.807) is 0 Å². The molecule has 1 aromatic carbocycles. The van der Waals surface area contributed by atoms with Crippen LogP contribution in [-0.4, -0.2) is 13.2 Å². The smallest absolute Gasteiger partial charge is 0.387 e. The molecule has 0 saturated heterocycles. The summed E-state index contributed by atoms with van der Waals surface area (Å²) in [6.07, 6.45) is 0.250. The number of benzene rings is 1. The van der Waals surface area contributed by atoms with Crippen molar-refractivity contribution in [1.82, 2.24) is 0 Å². The van der Waals surface area contributed by atoms with Gasteiger partial charge in [-0.1, -0.05) is 0 Å². The van der Waals surface area contributed by atoms with E-state index in [9.17, 15) is 17.6 Å². The average Bonchev–Trinajstić information content (AvgIpc) is 2.14. The van der Waals surface area contributed by atoms with Crippen LogP contribution in [0.1, 0.15) is 5.56 Å². The summed E-state index contributed by atoms with van der Waals surface area (Å²) in [5.74, 6) is -0.460. The van der Waals surface area contributed by atoms with Gasteiger partial charge in [-0.2, -0.15) is 17.6 Å². The maximum Gasteiger partial charge on any atom is 0.387 e. The molecular formula is C10H9F4O2. The average molecular weight is 237 g/mol. The van der Waals surface area contributed by atoms with E-state index in [0.717, 1.165) is 6.07 Å². The van der Waals surface area contributed by atoms with E-state index in [-0.39, 0.29) is 17.9 Å². The number of ether oxygens (including phenoxy) is 2. The molecule has 89 valence electrons. The predicted molar refractivity (Wildman–Crippen MR) is 48.8 cm³/mol. The van der Waals surface area contributed by atoms with Crippen LogP contribution in [0.2, 0.25) is 0 Å². The van der Waals surface area contributed by atoms with Crippen LogP contribution in [0.4, 0.5) is 17.6 Å². The summed E-state index contributed by atoms with van der Waals surface area (Å²) >= 11 is 0. The Bertz CT molecular complexity index is 313. The summed E-state index contributed by atoms with van der Waals surface area (Å²) < 4.78 is 55.9. The predicted octanol–water partition coefficient (Wildman–Crippen LogP) is 3.27. The minimum absolute atomic E-state index is 0.230. The lowest BCUT2D eigenvalue weighted by Gasteiger charge is -2.10. The molecule has 1 rings (SSSR count). The Kier molecular flexibility index (Phi) is 4.39. The molecule has 0 aliphatic carbocycles. The van der Waals surface area contributed by atoms with Crippen molar-refractivity contribution in [3.8, 4) is 11.5 Å². The summed E-state index contributed by atoms with van der Waals surface area (Å²) in [6.45, 7) is -2.52. The van der Waals surface area contributed by atoms with Gasteiger partial charge < -0.3 is 9.47 Å². The van der Waals surface area contributed by atoms with E-state index in [0.29, 0.717) is 5.56 Å². The Morgan fingerprint density at radius 2 is 1.38 bits per heavy atom. The Morgan fingerprint density at radius 3 is 1.69 bits per heavy atom. The molecule has 0 heterocycles. The van der Waals surface area contributed by atoms with Gasteiger partial charge in [0.25, 0.3) is 0 Å². The Balaban J connectivity index is 2.91. The van der Waals surface area contributed by atoms with Gasteiger partial charge in [0.2, 0.25) is 0 Å². The second-order valence-electron chi connectivity index (χ2n) is 2.82. The summed E-state index contributed by atoms with van der Waals surface area (Å²) in [4.78, 5) is 0. The third-order valence-electron chi connectivity index (χ3n) is 1.68. The summed E-state index contributed by atoms with van der Waals surface area (Å²) in [7, 11) is 0. The zero-order valence-corrected chi connectivity index (χ0v) is 8.13. The Morgan fingerprint density at radius 1 is 0.938 bits per heavy atom. The van der Waals surface area contributed by atoms with Crippen molar-refractivity contribution in [2.75, 3.05) is 0 Å². The second-order valence-corrected chi connectivity index (χ2v) is 2.82. The van der Waals surface area contributed by atoms with Crippen LogP contribution < -0.4 is 9.47 Å². The van der Waals surface area contributed by atoms with Gasteiger partial charge in [0.05, 0.1) is 0 Å². The van der Waals surface area contributed by atoms with Gasteiger partial charge in [0.15, 0.2) is 0 Å². The normalized spacial score (nSPS) is 10.9. The molecule has 2 nitrogen and oxygen atoms in total. The standard InChI is InChI=1S/C10H9F4O2/c1-2-6-3-7(15-9(11)12)5-8(4-6)16-10(13)14/h3-5,9-10H,1-2H2. The lowest BCUT2D eigenvalue weighted by molar-refractivity contribution is -0.0543.